The van der Waals surface area contributed by atoms with Gasteiger partial charge in [0.05, 0.1) is 18.1 Å². The molecule has 0 spiro atoms. The van der Waals surface area contributed by atoms with Gasteiger partial charge in [-0.05, 0) is 24.3 Å². The molecule has 4 nitrogen and oxygen atoms in total. The largest absolute Gasteiger partial charge is 0.494 e. The van der Waals surface area contributed by atoms with Crippen LogP contribution >= 0.6 is 0 Å². The van der Waals surface area contributed by atoms with Crippen LogP contribution in [-0.2, 0) is 0 Å². The highest BCUT2D eigenvalue weighted by molar-refractivity contribution is 6.12. The van der Waals surface area contributed by atoms with Crippen LogP contribution in [0.2, 0.25) is 0 Å². The molecule has 0 fully saturated rings. The van der Waals surface area contributed by atoms with Crippen molar-refractivity contribution in [3.63, 3.8) is 0 Å². The number of benzene rings is 2. The fourth-order valence-electron chi connectivity index (χ4n) is 2.85. The molecule has 2 heterocycles. The van der Waals surface area contributed by atoms with E-state index in [-0.39, 0.29) is 5.78 Å². The van der Waals surface area contributed by atoms with Crippen molar-refractivity contribution in [2.45, 2.75) is 0 Å². The van der Waals surface area contributed by atoms with Crippen molar-refractivity contribution in [2.24, 2.45) is 0 Å². The van der Waals surface area contributed by atoms with E-state index in [0.29, 0.717) is 11.3 Å². The van der Waals surface area contributed by atoms with Gasteiger partial charge >= 0.3 is 0 Å². The monoisotopic (exact) mass is 302 g/mol. The van der Waals surface area contributed by atoms with Gasteiger partial charge in [-0.3, -0.25) is 4.79 Å². The van der Waals surface area contributed by atoms with Crippen molar-refractivity contribution in [1.29, 1.82) is 0 Å². The fraction of sp³-hybridized carbons (Fsp3) is 0.0526. The Kier molecular flexibility index (Phi) is 3.08. The zero-order chi connectivity index (χ0) is 15.8. The molecule has 4 rings (SSSR count). The molecule has 0 unspecified atom stereocenters. The van der Waals surface area contributed by atoms with Crippen molar-refractivity contribution in [3.8, 4) is 5.75 Å². The lowest BCUT2D eigenvalue weighted by molar-refractivity contribution is 0.103. The molecule has 2 aromatic carbocycles. The standard InChI is InChI=1S/C19H14N2O2/c1-23-16-11-5-9-14-18(16)21-12-6-10-15(21)17(20-14)19(22)13-7-3-2-4-8-13/h2-12H,1H3. The normalized spacial score (nSPS) is 11.0. The summed E-state index contributed by atoms with van der Waals surface area (Å²) in [6.07, 6.45) is 1.92. The van der Waals surface area contributed by atoms with E-state index in [9.17, 15) is 4.79 Å². The first-order valence-electron chi connectivity index (χ1n) is 7.33. The third kappa shape index (κ3) is 2.07. The minimum absolute atomic E-state index is 0.0842. The molecule has 112 valence electrons. The number of fused-ring (bicyclic) bond motifs is 3. The maximum atomic E-state index is 12.8. The Morgan fingerprint density at radius 3 is 2.61 bits per heavy atom. The molecule has 0 saturated heterocycles. The molecule has 0 aliphatic heterocycles. The lowest BCUT2D eigenvalue weighted by Crippen LogP contribution is -2.08. The van der Waals surface area contributed by atoms with Crippen molar-refractivity contribution < 1.29 is 9.53 Å². The fourth-order valence-corrected chi connectivity index (χ4v) is 2.85. The SMILES string of the molecule is COc1cccc2nc(C(=O)c3ccccc3)c3cccn3c12. The average molecular weight is 302 g/mol. The van der Waals surface area contributed by atoms with Gasteiger partial charge in [-0.15, -0.1) is 0 Å². The maximum Gasteiger partial charge on any atom is 0.213 e. The van der Waals surface area contributed by atoms with Crippen LogP contribution in [-0.4, -0.2) is 22.3 Å². The Balaban J connectivity index is 2.04. The van der Waals surface area contributed by atoms with E-state index in [1.165, 1.54) is 0 Å². The number of hydrogen-bond donors (Lipinski definition) is 0. The third-order valence-corrected chi connectivity index (χ3v) is 3.91. The zero-order valence-electron chi connectivity index (χ0n) is 12.6. The first-order valence-corrected chi connectivity index (χ1v) is 7.33. The number of para-hydroxylation sites is 1. The van der Waals surface area contributed by atoms with E-state index in [1.807, 2.05) is 59.1 Å². The van der Waals surface area contributed by atoms with E-state index in [1.54, 1.807) is 19.2 Å². The summed E-state index contributed by atoms with van der Waals surface area (Å²) in [4.78, 5) is 17.5. The summed E-state index contributed by atoms with van der Waals surface area (Å²) in [7, 11) is 1.63. The zero-order valence-corrected chi connectivity index (χ0v) is 12.6. The summed E-state index contributed by atoms with van der Waals surface area (Å²) in [6, 6.07) is 18.7. The predicted octanol–water partition coefficient (Wildman–Crippen LogP) is 3.73. The van der Waals surface area contributed by atoms with Crippen molar-refractivity contribution in [3.05, 3.63) is 78.1 Å². The summed E-state index contributed by atoms with van der Waals surface area (Å²) in [5.41, 5.74) is 3.44. The number of carbonyl (C=O) groups is 1. The Morgan fingerprint density at radius 1 is 1.00 bits per heavy atom. The predicted molar refractivity (Wildman–Crippen MR) is 89.1 cm³/mol. The lowest BCUT2D eigenvalue weighted by atomic mass is 10.1. The van der Waals surface area contributed by atoms with E-state index in [0.717, 1.165) is 22.3 Å². The molecule has 0 amide bonds. The summed E-state index contributed by atoms with van der Waals surface area (Å²) in [5.74, 6) is 0.647. The molecule has 0 radical (unpaired) electrons. The van der Waals surface area contributed by atoms with E-state index in [4.69, 9.17) is 4.74 Å². The average Bonchev–Trinajstić information content (AvgIpc) is 3.10. The minimum Gasteiger partial charge on any atom is -0.494 e. The molecule has 0 N–H and O–H groups in total. The molecule has 0 atom stereocenters. The van der Waals surface area contributed by atoms with Crippen molar-refractivity contribution in [2.75, 3.05) is 7.11 Å². The van der Waals surface area contributed by atoms with Gasteiger partial charge in [0.15, 0.2) is 0 Å². The highest BCUT2D eigenvalue weighted by Gasteiger charge is 2.18. The molecule has 4 heteroatoms. The van der Waals surface area contributed by atoms with Crippen LogP contribution in [0.4, 0.5) is 0 Å². The summed E-state index contributed by atoms with van der Waals surface area (Å²) in [5, 5.41) is 0. The Hall–Kier alpha value is -3.14. The number of aromatic nitrogens is 2. The second-order valence-electron chi connectivity index (χ2n) is 5.25. The molecule has 0 bridgehead atoms. The van der Waals surface area contributed by atoms with Gasteiger partial charge < -0.3 is 9.14 Å². The van der Waals surface area contributed by atoms with Crippen LogP contribution in [0.1, 0.15) is 16.1 Å². The van der Waals surface area contributed by atoms with Gasteiger partial charge in [0.25, 0.3) is 0 Å². The molecule has 0 aliphatic carbocycles. The van der Waals surface area contributed by atoms with Crippen LogP contribution in [0.25, 0.3) is 16.6 Å². The number of nitrogens with zero attached hydrogens (tertiary/aromatic N) is 2. The first kappa shape index (κ1) is 13.5. The molecule has 2 aromatic heterocycles. The van der Waals surface area contributed by atoms with Crippen LogP contribution < -0.4 is 4.74 Å². The second kappa shape index (κ2) is 5.25. The smallest absolute Gasteiger partial charge is 0.213 e. The van der Waals surface area contributed by atoms with Crippen LogP contribution in [0.3, 0.4) is 0 Å². The number of ether oxygens (including phenoxy) is 1. The maximum absolute atomic E-state index is 12.8. The van der Waals surface area contributed by atoms with Gasteiger partial charge in [-0.25, -0.2) is 4.98 Å². The molecular weight excluding hydrogens is 288 g/mol. The number of ketones is 1. The van der Waals surface area contributed by atoms with Gasteiger partial charge in [0.2, 0.25) is 5.78 Å². The molecule has 0 aliphatic rings. The van der Waals surface area contributed by atoms with Crippen LogP contribution in [0.5, 0.6) is 5.75 Å². The number of hydrogen-bond acceptors (Lipinski definition) is 3. The number of methoxy groups -OCH3 is 1. The Labute approximate surface area is 133 Å². The number of rotatable bonds is 3. The van der Waals surface area contributed by atoms with E-state index in [2.05, 4.69) is 4.98 Å². The van der Waals surface area contributed by atoms with Crippen molar-refractivity contribution in [1.82, 2.24) is 9.38 Å². The summed E-state index contributed by atoms with van der Waals surface area (Å²) < 4.78 is 7.40. The highest BCUT2D eigenvalue weighted by Crippen LogP contribution is 2.27. The van der Waals surface area contributed by atoms with Gasteiger partial charge in [-0.1, -0.05) is 36.4 Å². The molecular formula is C19H14N2O2. The van der Waals surface area contributed by atoms with Gasteiger partial charge in [0, 0.05) is 11.8 Å². The number of carbonyl (C=O) groups excluding carboxylic acids is 1. The molecule has 4 aromatic rings. The second-order valence-corrected chi connectivity index (χ2v) is 5.25. The lowest BCUT2D eigenvalue weighted by Gasteiger charge is -2.11. The topological polar surface area (TPSA) is 43.6 Å². The highest BCUT2D eigenvalue weighted by atomic mass is 16.5. The van der Waals surface area contributed by atoms with Crippen LogP contribution in [0.15, 0.2) is 66.9 Å². The van der Waals surface area contributed by atoms with Gasteiger partial charge in [-0.2, -0.15) is 0 Å². The summed E-state index contributed by atoms with van der Waals surface area (Å²) in [6.45, 7) is 0. The minimum atomic E-state index is -0.0842. The summed E-state index contributed by atoms with van der Waals surface area (Å²) >= 11 is 0. The van der Waals surface area contributed by atoms with Crippen LogP contribution in [0, 0.1) is 0 Å². The van der Waals surface area contributed by atoms with E-state index >= 15 is 0 Å². The van der Waals surface area contributed by atoms with Gasteiger partial charge in [0.1, 0.15) is 17.0 Å². The molecule has 23 heavy (non-hydrogen) atoms. The first-order chi connectivity index (χ1) is 11.3. The molecule has 0 saturated carbocycles. The Bertz CT molecular complexity index is 1020. The third-order valence-electron chi connectivity index (χ3n) is 3.91. The Morgan fingerprint density at radius 2 is 1.83 bits per heavy atom. The van der Waals surface area contributed by atoms with E-state index < -0.39 is 0 Å². The van der Waals surface area contributed by atoms with Crippen molar-refractivity contribution >= 4 is 22.3 Å². The quantitative estimate of drug-likeness (QED) is 0.542.